The number of aryl methyl sites for hydroxylation is 1. The molecule has 2 rings (SSSR count). The lowest BCUT2D eigenvalue weighted by atomic mass is 10.0. The van der Waals surface area contributed by atoms with Crippen LogP contribution in [-0.4, -0.2) is 12.2 Å². The van der Waals surface area contributed by atoms with E-state index in [0.717, 1.165) is 11.1 Å². The number of aromatic hydroxyl groups is 1. The summed E-state index contributed by atoms with van der Waals surface area (Å²) in [4.78, 5) is 0. The molecule has 0 aliphatic heterocycles. The first-order valence-electron chi connectivity index (χ1n) is 5.15. The topological polar surface area (TPSA) is 29.5 Å². The van der Waals surface area contributed by atoms with Crippen molar-refractivity contribution in [1.82, 2.24) is 0 Å². The predicted molar refractivity (Wildman–Crippen MR) is 64.8 cm³/mol. The van der Waals surface area contributed by atoms with Gasteiger partial charge in [-0.3, -0.25) is 0 Å². The highest BCUT2D eigenvalue weighted by Gasteiger charge is 2.05. The van der Waals surface area contributed by atoms with E-state index in [1.807, 2.05) is 24.3 Å². The average Bonchev–Trinajstić information content (AvgIpc) is 2.31. The smallest absolute Gasteiger partial charge is 0.161 e. The Morgan fingerprint density at radius 1 is 1.06 bits per heavy atom. The Morgan fingerprint density at radius 3 is 2.50 bits per heavy atom. The molecule has 2 nitrogen and oxygen atoms in total. The van der Waals surface area contributed by atoms with E-state index < -0.39 is 0 Å². The maximum atomic E-state index is 9.53. The fraction of sp³-hybridized carbons (Fsp3) is 0.143. The molecule has 82 valence electrons. The molecule has 0 fully saturated rings. The summed E-state index contributed by atoms with van der Waals surface area (Å²) >= 11 is 0. The van der Waals surface area contributed by atoms with E-state index in [1.165, 1.54) is 5.56 Å². The molecule has 0 atom stereocenters. The van der Waals surface area contributed by atoms with Crippen LogP contribution in [0.4, 0.5) is 0 Å². The predicted octanol–water partition coefficient (Wildman–Crippen LogP) is 3.38. The molecule has 0 heterocycles. The van der Waals surface area contributed by atoms with Gasteiger partial charge >= 0.3 is 0 Å². The van der Waals surface area contributed by atoms with Crippen LogP contribution in [-0.2, 0) is 0 Å². The Balaban J connectivity index is 2.53. The molecule has 0 aliphatic carbocycles. The summed E-state index contributed by atoms with van der Waals surface area (Å²) in [6.45, 7) is 2.06. The lowest BCUT2D eigenvalue weighted by molar-refractivity contribution is 0.373. The molecular formula is C14H14O2. The lowest BCUT2D eigenvalue weighted by Gasteiger charge is -2.08. The molecule has 0 spiro atoms. The number of phenolic OH excluding ortho intramolecular Hbond substituents is 1. The third-order valence-electron chi connectivity index (χ3n) is 2.64. The van der Waals surface area contributed by atoms with E-state index in [0.29, 0.717) is 5.75 Å². The van der Waals surface area contributed by atoms with Gasteiger partial charge in [-0.25, -0.2) is 0 Å². The van der Waals surface area contributed by atoms with Crippen molar-refractivity contribution in [3.8, 4) is 22.6 Å². The Hall–Kier alpha value is -1.96. The number of methoxy groups -OCH3 is 1. The summed E-state index contributed by atoms with van der Waals surface area (Å²) in [6, 6.07) is 13.5. The minimum Gasteiger partial charge on any atom is -0.504 e. The zero-order valence-electron chi connectivity index (χ0n) is 9.40. The van der Waals surface area contributed by atoms with Gasteiger partial charge in [0.05, 0.1) is 7.11 Å². The minimum atomic E-state index is 0.167. The Kier molecular flexibility index (Phi) is 2.82. The lowest BCUT2D eigenvalue weighted by Crippen LogP contribution is -1.86. The van der Waals surface area contributed by atoms with Crippen LogP contribution in [0, 0.1) is 6.92 Å². The first-order chi connectivity index (χ1) is 7.72. The zero-order valence-corrected chi connectivity index (χ0v) is 9.40. The molecule has 0 aliphatic rings. The van der Waals surface area contributed by atoms with Gasteiger partial charge in [0.15, 0.2) is 11.5 Å². The molecule has 2 aromatic carbocycles. The van der Waals surface area contributed by atoms with E-state index >= 15 is 0 Å². The largest absolute Gasteiger partial charge is 0.504 e. The van der Waals surface area contributed by atoms with Crippen molar-refractivity contribution in [2.45, 2.75) is 6.92 Å². The first-order valence-corrected chi connectivity index (χ1v) is 5.15. The van der Waals surface area contributed by atoms with Crippen LogP contribution in [0.15, 0.2) is 42.5 Å². The number of hydrogen-bond acceptors (Lipinski definition) is 2. The monoisotopic (exact) mass is 214 g/mol. The summed E-state index contributed by atoms with van der Waals surface area (Å²) in [5.74, 6) is 0.667. The molecule has 2 aromatic rings. The first kappa shape index (κ1) is 10.6. The van der Waals surface area contributed by atoms with Gasteiger partial charge in [0.25, 0.3) is 0 Å². The summed E-state index contributed by atoms with van der Waals surface area (Å²) in [5, 5.41) is 9.53. The van der Waals surface area contributed by atoms with E-state index in [2.05, 4.69) is 19.1 Å². The number of ether oxygens (including phenoxy) is 1. The Morgan fingerprint density at radius 2 is 1.81 bits per heavy atom. The summed E-state index contributed by atoms with van der Waals surface area (Å²) < 4.78 is 5.10. The van der Waals surface area contributed by atoms with Gasteiger partial charge in [0.1, 0.15) is 0 Å². The second-order valence-corrected chi connectivity index (χ2v) is 3.70. The van der Waals surface area contributed by atoms with Crippen LogP contribution in [0.5, 0.6) is 11.5 Å². The minimum absolute atomic E-state index is 0.167. The van der Waals surface area contributed by atoms with Crippen LogP contribution < -0.4 is 4.74 Å². The Labute approximate surface area is 95.1 Å². The number of benzene rings is 2. The van der Waals surface area contributed by atoms with Gasteiger partial charge < -0.3 is 9.84 Å². The van der Waals surface area contributed by atoms with Gasteiger partial charge in [0.2, 0.25) is 0 Å². The molecular weight excluding hydrogens is 200 g/mol. The van der Waals surface area contributed by atoms with Crippen LogP contribution in [0.1, 0.15) is 5.56 Å². The average molecular weight is 214 g/mol. The molecule has 2 heteroatoms. The van der Waals surface area contributed by atoms with Crippen LogP contribution in [0.3, 0.4) is 0 Å². The van der Waals surface area contributed by atoms with Crippen molar-refractivity contribution in [2.75, 3.05) is 7.11 Å². The summed E-state index contributed by atoms with van der Waals surface area (Å²) in [5.41, 5.74) is 3.41. The van der Waals surface area contributed by atoms with Gasteiger partial charge in [0, 0.05) is 0 Å². The summed E-state index contributed by atoms with van der Waals surface area (Å²) in [6.07, 6.45) is 0. The highest BCUT2D eigenvalue weighted by atomic mass is 16.5. The fourth-order valence-electron chi connectivity index (χ4n) is 1.74. The van der Waals surface area contributed by atoms with Gasteiger partial charge in [-0.15, -0.1) is 0 Å². The maximum Gasteiger partial charge on any atom is 0.161 e. The van der Waals surface area contributed by atoms with Gasteiger partial charge in [-0.1, -0.05) is 30.3 Å². The Bertz CT molecular complexity index is 504. The van der Waals surface area contributed by atoms with Gasteiger partial charge in [-0.05, 0) is 35.7 Å². The second-order valence-electron chi connectivity index (χ2n) is 3.70. The van der Waals surface area contributed by atoms with E-state index in [9.17, 15) is 5.11 Å². The van der Waals surface area contributed by atoms with Crippen LogP contribution >= 0.6 is 0 Å². The molecule has 16 heavy (non-hydrogen) atoms. The standard InChI is InChI=1S/C14H14O2/c1-10-5-3-4-6-12(10)11-7-8-13(15)14(9-11)16-2/h3-9,15H,1-2H3. The van der Waals surface area contributed by atoms with Crippen LogP contribution in [0.25, 0.3) is 11.1 Å². The molecule has 0 saturated heterocycles. The quantitative estimate of drug-likeness (QED) is 0.830. The van der Waals surface area contributed by atoms with E-state index in [-0.39, 0.29) is 5.75 Å². The highest BCUT2D eigenvalue weighted by molar-refractivity contribution is 5.69. The van der Waals surface area contributed by atoms with Crippen molar-refractivity contribution in [2.24, 2.45) is 0 Å². The van der Waals surface area contributed by atoms with Crippen molar-refractivity contribution in [3.63, 3.8) is 0 Å². The van der Waals surface area contributed by atoms with Crippen molar-refractivity contribution < 1.29 is 9.84 Å². The molecule has 0 unspecified atom stereocenters. The third kappa shape index (κ3) is 1.87. The number of rotatable bonds is 2. The molecule has 0 aromatic heterocycles. The SMILES string of the molecule is COc1cc(-c2ccccc2C)ccc1O. The maximum absolute atomic E-state index is 9.53. The van der Waals surface area contributed by atoms with Crippen LogP contribution in [0.2, 0.25) is 0 Å². The normalized spacial score (nSPS) is 10.1. The highest BCUT2D eigenvalue weighted by Crippen LogP contribution is 2.32. The zero-order chi connectivity index (χ0) is 11.5. The molecule has 0 saturated carbocycles. The van der Waals surface area contributed by atoms with Gasteiger partial charge in [-0.2, -0.15) is 0 Å². The summed E-state index contributed by atoms with van der Waals surface area (Å²) in [7, 11) is 1.55. The second kappa shape index (κ2) is 4.27. The fourth-order valence-corrected chi connectivity index (χ4v) is 1.74. The van der Waals surface area contributed by atoms with E-state index in [4.69, 9.17) is 4.74 Å². The molecule has 0 bridgehead atoms. The molecule has 0 radical (unpaired) electrons. The van der Waals surface area contributed by atoms with Crippen molar-refractivity contribution in [3.05, 3.63) is 48.0 Å². The molecule has 1 N–H and O–H groups in total. The third-order valence-corrected chi connectivity index (χ3v) is 2.64. The van der Waals surface area contributed by atoms with Crippen molar-refractivity contribution >= 4 is 0 Å². The number of phenols is 1. The number of hydrogen-bond donors (Lipinski definition) is 1. The van der Waals surface area contributed by atoms with Crippen molar-refractivity contribution in [1.29, 1.82) is 0 Å². The van der Waals surface area contributed by atoms with E-state index in [1.54, 1.807) is 13.2 Å². The molecule has 0 amide bonds.